The van der Waals surface area contributed by atoms with Crippen molar-refractivity contribution in [3.05, 3.63) is 46.5 Å². The topological polar surface area (TPSA) is 34.4 Å². The van der Waals surface area contributed by atoms with Crippen LogP contribution in [0.2, 0.25) is 0 Å². The van der Waals surface area contributed by atoms with E-state index in [4.69, 9.17) is 6.42 Å². The van der Waals surface area contributed by atoms with Crippen molar-refractivity contribution >= 4 is 5.65 Å². The van der Waals surface area contributed by atoms with E-state index in [-0.39, 0.29) is 5.56 Å². The molecule has 0 saturated carbocycles. The average molecular weight is 170 g/mol. The van der Waals surface area contributed by atoms with E-state index in [1.165, 1.54) is 10.5 Å². The molecule has 0 aromatic carbocycles. The average Bonchev–Trinajstić information content (AvgIpc) is 2.18. The lowest BCUT2D eigenvalue weighted by molar-refractivity contribution is 1.04. The number of rotatable bonds is 0. The third-order valence-corrected chi connectivity index (χ3v) is 1.72. The smallest absolute Gasteiger partial charge is 0.259 e. The van der Waals surface area contributed by atoms with Gasteiger partial charge in [-0.25, -0.2) is 4.98 Å². The zero-order chi connectivity index (χ0) is 9.26. The van der Waals surface area contributed by atoms with Crippen molar-refractivity contribution in [2.45, 2.75) is 0 Å². The molecule has 2 rings (SSSR count). The Morgan fingerprint density at radius 1 is 1.46 bits per heavy atom. The van der Waals surface area contributed by atoms with E-state index in [2.05, 4.69) is 10.9 Å². The molecule has 3 nitrogen and oxygen atoms in total. The summed E-state index contributed by atoms with van der Waals surface area (Å²) in [6.07, 6.45) is 6.81. The maximum Gasteiger partial charge on any atom is 0.259 e. The van der Waals surface area contributed by atoms with E-state index in [0.717, 1.165) is 0 Å². The molecular weight excluding hydrogens is 164 g/mol. The molecule has 0 N–H and O–H groups in total. The molecule has 2 aromatic heterocycles. The summed E-state index contributed by atoms with van der Waals surface area (Å²) in [7, 11) is 0. The molecule has 0 atom stereocenters. The summed E-state index contributed by atoms with van der Waals surface area (Å²) in [5.74, 6) is 2.34. The maximum absolute atomic E-state index is 11.4. The van der Waals surface area contributed by atoms with Crippen molar-refractivity contribution in [2.24, 2.45) is 0 Å². The minimum Gasteiger partial charge on any atom is -0.269 e. The molecule has 0 aliphatic carbocycles. The van der Waals surface area contributed by atoms with Gasteiger partial charge in [0.15, 0.2) is 0 Å². The Morgan fingerprint density at radius 3 is 3.08 bits per heavy atom. The van der Waals surface area contributed by atoms with Crippen LogP contribution in [-0.4, -0.2) is 9.38 Å². The largest absolute Gasteiger partial charge is 0.269 e. The predicted molar refractivity (Wildman–Crippen MR) is 49.4 cm³/mol. The van der Waals surface area contributed by atoms with Crippen LogP contribution < -0.4 is 5.56 Å². The lowest BCUT2D eigenvalue weighted by Gasteiger charge is -1.97. The molecule has 0 amide bonds. The van der Waals surface area contributed by atoms with Crippen molar-refractivity contribution in [3.63, 3.8) is 0 Å². The summed E-state index contributed by atoms with van der Waals surface area (Å²) in [5.41, 5.74) is 0.790. The molecular formula is C10H6N2O. The van der Waals surface area contributed by atoms with E-state index in [0.29, 0.717) is 11.3 Å². The number of terminal acetylenes is 1. The van der Waals surface area contributed by atoms with Crippen LogP contribution in [0.25, 0.3) is 5.65 Å². The van der Waals surface area contributed by atoms with Gasteiger partial charge in [-0.2, -0.15) is 0 Å². The van der Waals surface area contributed by atoms with E-state index >= 15 is 0 Å². The summed E-state index contributed by atoms with van der Waals surface area (Å²) in [4.78, 5) is 15.5. The number of pyridine rings is 1. The fraction of sp³-hybridized carbons (Fsp3) is 0. The van der Waals surface area contributed by atoms with Gasteiger partial charge in [0, 0.05) is 12.3 Å². The van der Waals surface area contributed by atoms with E-state index in [1.807, 2.05) is 6.07 Å². The summed E-state index contributed by atoms with van der Waals surface area (Å²) in [6.45, 7) is 0. The highest BCUT2D eigenvalue weighted by atomic mass is 16.1. The molecule has 0 aliphatic heterocycles. The van der Waals surface area contributed by atoms with Gasteiger partial charge in [-0.3, -0.25) is 9.20 Å². The normalized spacial score (nSPS) is 9.77. The zero-order valence-corrected chi connectivity index (χ0v) is 6.77. The molecule has 0 spiro atoms. The monoisotopic (exact) mass is 170 g/mol. The van der Waals surface area contributed by atoms with Gasteiger partial charge in [0.05, 0.1) is 0 Å². The Morgan fingerprint density at radius 2 is 2.31 bits per heavy atom. The van der Waals surface area contributed by atoms with Crippen molar-refractivity contribution in [1.82, 2.24) is 9.38 Å². The summed E-state index contributed by atoms with van der Waals surface area (Å²) in [5, 5.41) is 0. The molecule has 0 aliphatic rings. The van der Waals surface area contributed by atoms with E-state index in [1.54, 1.807) is 18.3 Å². The van der Waals surface area contributed by atoms with Crippen LogP contribution >= 0.6 is 0 Å². The predicted octanol–water partition coefficient (Wildman–Crippen LogP) is 0.676. The van der Waals surface area contributed by atoms with Crippen LogP contribution in [0.3, 0.4) is 0 Å². The highest BCUT2D eigenvalue weighted by molar-refractivity contribution is 5.41. The molecule has 13 heavy (non-hydrogen) atoms. The Hall–Kier alpha value is -2.08. The number of nitrogens with zero attached hydrogens (tertiary/aromatic N) is 2. The highest BCUT2D eigenvalue weighted by Gasteiger charge is 1.97. The minimum absolute atomic E-state index is 0.154. The Balaban J connectivity index is 2.95. The fourth-order valence-corrected chi connectivity index (χ4v) is 1.13. The number of hydrogen-bond donors (Lipinski definition) is 0. The fourth-order valence-electron chi connectivity index (χ4n) is 1.13. The van der Waals surface area contributed by atoms with Crippen LogP contribution in [0.1, 0.15) is 5.69 Å². The molecule has 0 saturated heterocycles. The lowest BCUT2D eigenvalue weighted by atomic mass is 10.4. The Bertz CT molecular complexity index is 549. The minimum atomic E-state index is -0.154. The third kappa shape index (κ3) is 1.18. The summed E-state index contributed by atoms with van der Waals surface area (Å²) >= 11 is 0. The molecule has 62 valence electrons. The van der Waals surface area contributed by atoms with Gasteiger partial charge in [0.1, 0.15) is 11.3 Å². The van der Waals surface area contributed by atoms with Crippen molar-refractivity contribution < 1.29 is 0 Å². The SMILES string of the molecule is C#Cc1cc(=O)n2ccccc2n1. The van der Waals surface area contributed by atoms with Crippen molar-refractivity contribution in [1.29, 1.82) is 0 Å². The second-order valence-corrected chi connectivity index (χ2v) is 2.55. The quantitative estimate of drug-likeness (QED) is 0.545. The Kier molecular flexibility index (Phi) is 1.60. The van der Waals surface area contributed by atoms with Gasteiger partial charge in [-0.15, -0.1) is 6.42 Å². The second-order valence-electron chi connectivity index (χ2n) is 2.55. The van der Waals surface area contributed by atoms with Gasteiger partial charge in [-0.05, 0) is 18.1 Å². The van der Waals surface area contributed by atoms with Crippen LogP contribution in [-0.2, 0) is 0 Å². The number of fused-ring (bicyclic) bond motifs is 1. The van der Waals surface area contributed by atoms with Gasteiger partial charge in [0.2, 0.25) is 0 Å². The van der Waals surface area contributed by atoms with Gasteiger partial charge < -0.3 is 0 Å². The first kappa shape index (κ1) is 7.56. The van der Waals surface area contributed by atoms with Gasteiger partial charge in [0.25, 0.3) is 5.56 Å². The van der Waals surface area contributed by atoms with Crippen LogP contribution in [0.15, 0.2) is 35.3 Å². The first-order valence-corrected chi connectivity index (χ1v) is 3.76. The van der Waals surface area contributed by atoms with E-state index < -0.39 is 0 Å². The van der Waals surface area contributed by atoms with Gasteiger partial charge in [-0.1, -0.05) is 6.07 Å². The Labute approximate surface area is 74.7 Å². The maximum atomic E-state index is 11.4. The van der Waals surface area contributed by atoms with Gasteiger partial charge >= 0.3 is 0 Å². The molecule has 3 heteroatoms. The van der Waals surface area contributed by atoms with Crippen molar-refractivity contribution in [3.8, 4) is 12.3 Å². The van der Waals surface area contributed by atoms with Crippen LogP contribution in [0.5, 0.6) is 0 Å². The first-order chi connectivity index (χ1) is 6.31. The third-order valence-electron chi connectivity index (χ3n) is 1.72. The van der Waals surface area contributed by atoms with Crippen LogP contribution in [0, 0.1) is 12.3 Å². The van der Waals surface area contributed by atoms with Crippen LogP contribution in [0.4, 0.5) is 0 Å². The molecule has 0 radical (unpaired) electrons. The molecule has 0 unspecified atom stereocenters. The van der Waals surface area contributed by atoms with E-state index in [9.17, 15) is 4.79 Å². The summed E-state index contributed by atoms with van der Waals surface area (Å²) in [6, 6.07) is 6.66. The second kappa shape index (κ2) is 2.76. The lowest BCUT2D eigenvalue weighted by Crippen LogP contribution is -2.13. The van der Waals surface area contributed by atoms with Crippen molar-refractivity contribution in [2.75, 3.05) is 0 Å². The number of aromatic nitrogens is 2. The highest BCUT2D eigenvalue weighted by Crippen LogP contribution is 1.96. The zero-order valence-electron chi connectivity index (χ0n) is 6.77. The molecule has 2 heterocycles. The molecule has 2 aromatic rings. The number of hydrogen-bond acceptors (Lipinski definition) is 2. The standard InChI is InChI=1S/C10H6N2O/c1-2-8-7-10(13)12-6-4-3-5-9(12)11-8/h1,3-7H. The molecule has 0 bridgehead atoms. The summed E-state index contributed by atoms with van der Waals surface area (Å²) < 4.78 is 1.45. The molecule has 0 fully saturated rings. The first-order valence-electron chi connectivity index (χ1n) is 3.76.